The van der Waals surface area contributed by atoms with Crippen molar-refractivity contribution in [1.29, 1.82) is 0 Å². The van der Waals surface area contributed by atoms with Crippen molar-refractivity contribution in [3.63, 3.8) is 0 Å². The lowest BCUT2D eigenvalue weighted by Gasteiger charge is -2.17. The van der Waals surface area contributed by atoms with Gasteiger partial charge in [0.1, 0.15) is 5.82 Å². The molecule has 0 aromatic heterocycles. The normalized spacial score (nSPS) is 17.6. The van der Waals surface area contributed by atoms with Crippen LogP contribution in [-0.2, 0) is 4.74 Å². The Labute approximate surface area is 117 Å². The summed E-state index contributed by atoms with van der Waals surface area (Å²) >= 11 is 5.92. The van der Waals surface area contributed by atoms with Crippen molar-refractivity contribution in [2.45, 2.75) is 37.9 Å². The van der Waals surface area contributed by atoms with Crippen LogP contribution in [-0.4, -0.2) is 30.5 Å². The Bertz CT molecular complexity index is 410. The zero-order valence-electron chi connectivity index (χ0n) is 10.7. The van der Waals surface area contributed by atoms with Gasteiger partial charge >= 0.3 is 0 Å². The minimum atomic E-state index is -0.625. The van der Waals surface area contributed by atoms with Crippen LogP contribution < -0.4 is 5.32 Å². The first-order chi connectivity index (χ1) is 9.15. The topological polar surface area (TPSA) is 41.5 Å². The molecule has 5 heteroatoms. The van der Waals surface area contributed by atoms with E-state index in [0.717, 1.165) is 12.8 Å². The summed E-state index contributed by atoms with van der Waals surface area (Å²) in [5.74, 6) is -0.358. The van der Waals surface area contributed by atoms with Crippen molar-refractivity contribution >= 4 is 17.3 Å². The number of anilines is 1. The SMILES string of the molecule is OC(CNc1cc(F)ccc1Cl)COC1CCCC1. The molecule has 106 valence electrons. The third-order valence-electron chi connectivity index (χ3n) is 3.28. The predicted molar refractivity (Wildman–Crippen MR) is 74.1 cm³/mol. The molecule has 3 nitrogen and oxygen atoms in total. The summed E-state index contributed by atoms with van der Waals surface area (Å²) in [5, 5.41) is 13.2. The minimum Gasteiger partial charge on any atom is -0.389 e. The van der Waals surface area contributed by atoms with E-state index in [2.05, 4.69) is 5.32 Å². The standard InChI is InChI=1S/C14H19ClFNO2/c15-13-6-5-10(16)7-14(13)17-8-11(18)9-19-12-3-1-2-4-12/h5-7,11-12,17-18H,1-4,8-9H2. The Balaban J connectivity index is 1.73. The van der Waals surface area contributed by atoms with Crippen molar-refractivity contribution in [2.24, 2.45) is 0 Å². The first-order valence-electron chi connectivity index (χ1n) is 6.64. The number of halogens is 2. The largest absolute Gasteiger partial charge is 0.389 e. The molecule has 2 rings (SSSR count). The second-order valence-electron chi connectivity index (χ2n) is 4.90. The molecule has 1 saturated carbocycles. The third kappa shape index (κ3) is 4.64. The second-order valence-corrected chi connectivity index (χ2v) is 5.31. The van der Waals surface area contributed by atoms with E-state index >= 15 is 0 Å². The fourth-order valence-corrected chi connectivity index (χ4v) is 2.41. The first-order valence-corrected chi connectivity index (χ1v) is 7.01. The van der Waals surface area contributed by atoms with Crippen LogP contribution in [0.2, 0.25) is 5.02 Å². The van der Waals surface area contributed by atoms with Gasteiger partial charge in [-0.3, -0.25) is 0 Å². The Morgan fingerprint density at radius 3 is 2.89 bits per heavy atom. The molecule has 19 heavy (non-hydrogen) atoms. The molecule has 2 N–H and O–H groups in total. The second kappa shape index (κ2) is 7.08. The van der Waals surface area contributed by atoms with Gasteiger partial charge in [-0.1, -0.05) is 24.4 Å². The van der Waals surface area contributed by atoms with E-state index < -0.39 is 6.10 Å². The number of rotatable bonds is 6. The molecule has 0 saturated heterocycles. The summed E-state index contributed by atoms with van der Waals surface area (Å²) in [6, 6.07) is 4.10. The number of hydrogen-bond donors (Lipinski definition) is 2. The summed E-state index contributed by atoms with van der Waals surface area (Å²) in [6.45, 7) is 0.584. The molecule has 0 aliphatic heterocycles. The number of hydrogen-bond acceptors (Lipinski definition) is 3. The lowest BCUT2D eigenvalue weighted by Crippen LogP contribution is -2.27. The van der Waals surface area contributed by atoms with Crippen LogP contribution >= 0.6 is 11.6 Å². The van der Waals surface area contributed by atoms with E-state index in [9.17, 15) is 9.50 Å². The Morgan fingerprint density at radius 1 is 1.42 bits per heavy atom. The monoisotopic (exact) mass is 287 g/mol. The van der Waals surface area contributed by atoms with Crippen LogP contribution in [0.25, 0.3) is 0 Å². The molecule has 0 radical (unpaired) electrons. The van der Waals surface area contributed by atoms with E-state index in [4.69, 9.17) is 16.3 Å². The Hall–Kier alpha value is -0.840. The molecule has 0 heterocycles. The zero-order valence-corrected chi connectivity index (χ0v) is 11.5. The van der Waals surface area contributed by atoms with Crippen molar-refractivity contribution in [2.75, 3.05) is 18.5 Å². The van der Waals surface area contributed by atoms with Gasteiger partial charge in [0.2, 0.25) is 0 Å². The highest BCUT2D eigenvalue weighted by Gasteiger charge is 2.17. The van der Waals surface area contributed by atoms with Gasteiger partial charge in [0.25, 0.3) is 0 Å². The number of nitrogens with one attached hydrogen (secondary N) is 1. The van der Waals surface area contributed by atoms with Gasteiger partial charge in [-0.2, -0.15) is 0 Å². The van der Waals surface area contributed by atoms with E-state index in [1.807, 2.05) is 0 Å². The quantitative estimate of drug-likeness (QED) is 0.844. The third-order valence-corrected chi connectivity index (χ3v) is 3.61. The van der Waals surface area contributed by atoms with E-state index in [-0.39, 0.29) is 18.5 Å². The van der Waals surface area contributed by atoms with Crippen LogP contribution in [0.1, 0.15) is 25.7 Å². The molecule has 0 amide bonds. The van der Waals surface area contributed by atoms with E-state index in [1.165, 1.54) is 31.0 Å². The maximum atomic E-state index is 13.0. The van der Waals surface area contributed by atoms with Gasteiger partial charge < -0.3 is 15.2 Å². The smallest absolute Gasteiger partial charge is 0.125 e. The summed E-state index contributed by atoms with van der Waals surface area (Å²) in [5.41, 5.74) is 0.488. The summed E-state index contributed by atoms with van der Waals surface area (Å²) in [6.07, 6.45) is 4.23. The van der Waals surface area contributed by atoms with Gasteiger partial charge in [-0.05, 0) is 31.0 Å². The lowest BCUT2D eigenvalue weighted by molar-refractivity contribution is -0.00117. The average Bonchev–Trinajstić information content (AvgIpc) is 2.90. The molecule has 1 aromatic rings. The number of aliphatic hydroxyl groups is 1. The molecule has 1 aromatic carbocycles. The van der Waals surface area contributed by atoms with Gasteiger partial charge in [0.05, 0.1) is 29.5 Å². The minimum absolute atomic E-state index is 0.285. The fourth-order valence-electron chi connectivity index (χ4n) is 2.22. The van der Waals surface area contributed by atoms with Crippen molar-refractivity contribution < 1.29 is 14.2 Å². The highest BCUT2D eigenvalue weighted by Crippen LogP contribution is 2.23. The van der Waals surface area contributed by atoms with Gasteiger partial charge in [0.15, 0.2) is 0 Å². The van der Waals surface area contributed by atoms with E-state index in [1.54, 1.807) is 0 Å². The van der Waals surface area contributed by atoms with Crippen molar-refractivity contribution in [3.8, 4) is 0 Å². The molecular weight excluding hydrogens is 269 g/mol. The van der Waals surface area contributed by atoms with Crippen molar-refractivity contribution in [1.82, 2.24) is 0 Å². The lowest BCUT2D eigenvalue weighted by atomic mass is 10.3. The number of ether oxygens (including phenoxy) is 1. The molecule has 1 aliphatic carbocycles. The molecule has 0 spiro atoms. The maximum Gasteiger partial charge on any atom is 0.125 e. The van der Waals surface area contributed by atoms with Gasteiger partial charge in [0, 0.05) is 6.54 Å². The van der Waals surface area contributed by atoms with Crippen LogP contribution in [0.4, 0.5) is 10.1 Å². The summed E-state index contributed by atoms with van der Waals surface area (Å²) in [4.78, 5) is 0. The highest BCUT2D eigenvalue weighted by atomic mass is 35.5. The highest BCUT2D eigenvalue weighted by molar-refractivity contribution is 6.33. The van der Waals surface area contributed by atoms with Gasteiger partial charge in [-0.25, -0.2) is 4.39 Å². The van der Waals surface area contributed by atoms with Crippen LogP contribution in [0.15, 0.2) is 18.2 Å². The number of benzene rings is 1. The van der Waals surface area contributed by atoms with Crippen LogP contribution in [0.3, 0.4) is 0 Å². The molecule has 1 aliphatic rings. The molecule has 0 bridgehead atoms. The summed E-state index contributed by atoms with van der Waals surface area (Å²) in [7, 11) is 0. The molecular formula is C14H19ClFNO2. The fraction of sp³-hybridized carbons (Fsp3) is 0.571. The van der Waals surface area contributed by atoms with Crippen LogP contribution in [0, 0.1) is 5.82 Å². The average molecular weight is 288 g/mol. The van der Waals surface area contributed by atoms with Crippen molar-refractivity contribution in [3.05, 3.63) is 29.0 Å². The molecule has 1 atom stereocenters. The first kappa shape index (κ1) is 14.6. The molecule has 1 fully saturated rings. The molecule has 1 unspecified atom stereocenters. The van der Waals surface area contributed by atoms with Crippen LogP contribution in [0.5, 0.6) is 0 Å². The van der Waals surface area contributed by atoms with E-state index in [0.29, 0.717) is 17.3 Å². The number of aliphatic hydroxyl groups excluding tert-OH is 1. The summed E-state index contributed by atoms with van der Waals surface area (Å²) < 4.78 is 18.6. The Morgan fingerprint density at radius 2 is 2.16 bits per heavy atom. The Kier molecular flexibility index (Phi) is 5.43. The maximum absolute atomic E-state index is 13.0. The van der Waals surface area contributed by atoms with Gasteiger partial charge in [-0.15, -0.1) is 0 Å². The zero-order chi connectivity index (χ0) is 13.7. The predicted octanol–water partition coefficient (Wildman–Crippen LogP) is 3.21.